The van der Waals surface area contributed by atoms with Gasteiger partial charge in [-0.05, 0) is 41.4 Å². The summed E-state index contributed by atoms with van der Waals surface area (Å²) in [5, 5.41) is 6.61. The minimum absolute atomic E-state index is 0.0931. The van der Waals surface area contributed by atoms with E-state index < -0.39 is 0 Å². The van der Waals surface area contributed by atoms with Crippen molar-refractivity contribution in [3.8, 4) is 0 Å². The molecular formula is C11H11BrN2O2S. The van der Waals surface area contributed by atoms with E-state index in [0.717, 1.165) is 20.8 Å². The molecule has 0 atom stereocenters. The predicted octanol–water partition coefficient (Wildman–Crippen LogP) is 3.05. The normalized spacial score (nSPS) is 10.5. The molecule has 90 valence electrons. The van der Waals surface area contributed by atoms with Crippen molar-refractivity contribution in [2.45, 2.75) is 20.4 Å². The Hall–Kier alpha value is -1.14. The van der Waals surface area contributed by atoms with Gasteiger partial charge < -0.3 is 9.84 Å². The Morgan fingerprint density at radius 1 is 1.53 bits per heavy atom. The predicted molar refractivity (Wildman–Crippen MR) is 69.2 cm³/mol. The van der Waals surface area contributed by atoms with Crippen LogP contribution >= 0.6 is 27.3 Å². The molecule has 1 amide bonds. The van der Waals surface area contributed by atoms with Crippen molar-refractivity contribution in [2.24, 2.45) is 0 Å². The molecule has 0 radical (unpaired) electrons. The molecule has 2 aromatic rings. The van der Waals surface area contributed by atoms with Crippen LogP contribution < -0.4 is 5.32 Å². The van der Waals surface area contributed by atoms with Crippen molar-refractivity contribution in [1.29, 1.82) is 0 Å². The largest absolute Gasteiger partial charge is 0.361 e. The number of nitrogens with one attached hydrogen (secondary N) is 1. The summed E-state index contributed by atoms with van der Waals surface area (Å²) < 4.78 is 5.91. The lowest BCUT2D eigenvalue weighted by Gasteiger charge is -1.99. The Kier molecular flexibility index (Phi) is 3.63. The average Bonchev–Trinajstić information content (AvgIpc) is 2.83. The Balaban J connectivity index is 1.98. The van der Waals surface area contributed by atoms with Crippen LogP contribution in [0, 0.1) is 13.8 Å². The van der Waals surface area contributed by atoms with Crippen LogP contribution in [0.5, 0.6) is 0 Å². The smallest absolute Gasteiger partial charge is 0.261 e. The fourth-order valence-electron chi connectivity index (χ4n) is 1.33. The van der Waals surface area contributed by atoms with Crippen LogP contribution in [0.1, 0.15) is 26.7 Å². The van der Waals surface area contributed by atoms with E-state index in [2.05, 4.69) is 26.4 Å². The highest BCUT2D eigenvalue weighted by molar-refractivity contribution is 9.11. The van der Waals surface area contributed by atoms with Gasteiger partial charge in [0.2, 0.25) is 0 Å². The maximum atomic E-state index is 11.8. The number of aryl methyl sites for hydroxylation is 2. The first-order valence-electron chi connectivity index (χ1n) is 5.02. The zero-order valence-corrected chi connectivity index (χ0v) is 11.8. The number of amides is 1. The van der Waals surface area contributed by atoms with Crippen LogP contribution in [-0.2, 0) is 6.54 Å². The van der Waals surface area contributed by atoms with Crippen LogP contribution in [0.15, 0.2) is 20.4 Å². The third-order valence-electron chi connectivity index (χ3n) is 2.19. The molecule has 0 saturated carbocycles. The number of carbonyl (C=O) groups is 1. The van der Waals surface area contributed by atoms with Gasteiger partial charge in [-0.15, -0.1) is 11.3 Å². The molecule has 2 rings (SSSR count). The van der Waals surface area contributed by atoms with E-state index in [-0.39, 0.29) is 5.91 Å². The number of hydrogen-bond donors (Lipinski definition) is 1. The Morgan fingerprint density at radius 2 is 2.29 bits per heavy atom. The summed E-state index contributed by atoms with van der Waals surface area (Å²) in [4.78, 5) is 12.5. The number of aromatic nitrogens is 1. The highest BCUT2D eigenvalue weighted by atomic mass is 79.9. The monoisotopic (exact) mass is 314 g/mol. The van der Waals surface area contributed by atoms with Gasteiger partial charge in [0.1, 0.15) is 11.5 Å². The lowest BCUT2D eigenvalue weighted by molar-refractivity contribution is 0.0954. The molecule has 1 N–H and O–H groups in total. The van der Waals surface area contributed by atoms with E-state index in [9.17, 15) is 4.79 Å². The number of halogens is 1. The van der Waals surface area contributed by atoms with Crippen molar-refractivity contribution in [3.63, 3.8) is 0 Å². The molecule has 2 aromatic heterocycles. The number of nitrogens with zero attached hydrogens (tertiary/aromatic N) is 1. The Bertz CT molecular complexity index is 528. The summed E-state index contributed by atoms with van der Waals surface area (Å²) in [6.07, 6.45) is 0. The van der Waals surface area contributed by atoms with E-state index in [1.165, 1.54) is 11.3 Å². The zero-order valence-electron chi connectivity index (χ0n) is 9.41. The lowest BCUT2D eigenvalue weighted by atomic mass is 10.3. The van der Waals surface area contributed by atoms with E-state index in [4.69, 9.17) is 4.52 Å². The average molecular weight is 315 g/mol. The van der Waals surface area contributed by atoms with Gasteiger partial charge in [0.15, 0.2) is 0 Å². The van der Waals surface area contributed by atoms with Crippen molar-refractivity contribution < 1.29 is 9.32 Å². The second-order valence-corrected chi connectivity index (χ2v) is 6.05. The van der Waals surface area contributed by atoms with E-state index in [1.54, 1.807) is 6.07 Å². The van der Waals surface area contributed by atoms with E-state index in [1.807, 2.05) is 19.9 Å². The second kappa shape index (κ2) is 5.01. The van der Waals surface area contributed by atoms with Crippen LogP contribution in [0.4, 0.5) is 0 Å². The topological polar surface area (TPSA) is 55.1 Å². The molecule has 0 aliphatic heterocycles. The van der Waals surface area contributed by atoms with E-state index in [0.29, 0.717) is 11.4 Å². The summed E-state index contributed by atoms with van der Waals surface area (Å²) in [6.45, 7) is 4.15. The number of carbonyl (C=O) groups excluding carboxylic acids is 1. The summed E-state index contributed by atoms with van der Waals surface area (Å²) in [6, 6.07) is 3.66. The van der Waals surface area contributed by atoms with Gasteiger partial charge >= 0.3 is 0 Å². The molecule has 0 aliphatic carbocycles. The quantitative estimate of drug-likeness (QED) is 0.947. The molecule has 0 unspecified atom stereocenters. The molecule has 0 spiro atoms. The summed E-state index contributed by atoms with van der Waals surface area (Å²) in [5.41, 5.74) is 1.79. The molecule has 0 saturated heterocycles. The Morgan fingerprint density at radius 3 is 2.82 bits per heavy atom. The maximum Gasteiger partial charge on any atom is 0.261 e. The van der Waals surface area contributed by atoms with Crippen LogP contribution in [0.25, 0.3) is 0 Å². The standard InChI is InChI=1S/C11H11BrN2O2S/c1-6-3-9(17-10(6)12)11(15)13-5-8-4-7(2)16-14-8/h3-4H,5H2,1-2H3,(H,13,15). The van der Waals surface area contributed by atoms with Gasteiger partial charge in [-0.1, -0.05) is 5.16 Å². The number of rotatable bonds is 3. The fourth-order valence-corrected chi connectivity index (χ4v) is 2.78. The molecule has 2 heterocycles. The summed E-state index contributed by atoms with van der Waals surface area (Å²) in [5.74, 6) is 0.647. The molecule has 4 nitrogen and oxygen atoms in total. The van der Waals surface area contributed by atoms with Crippen molar-refractivity contribution >= 4 is 33.2 Å². The zero-order chi connectivity index (χ0) is 12.4. The van der Waals surface area contributed by atoms with Crippen LogP contribution in [0.2, 0.25) is 0 Å². The minimum Gasteiger partial charge on any atom is -0.361 e. The third-order valence-corrected chi connectivity index (χ3v) is 4.32. The highest BCUT2D eigenvalue weighted by Gasteiger charge is 2.11. The number of thiophene rings is 1. The van der Waals surface area contributed by atoms with Crippen LogP contribution in [-0.4, -0.2) is 11.1 Å². The Labute approximate surface area is 111 Å². The first-order valence-corrected chi connectivity index (χ1v) is 6.63. The van der Waals surface area contributed by atoms with Crippen molar-refractivity contribution in [2.75, 3.05) is 0 Å². The maximum absolute atomic E-state index is 11.8. The van der Waals surface area contributed by atoms with E-state index >= 15 is 0 Å². The third kappa shape index (κ3) is 2.95. The SMILES string of the molecule is Cc1cc(CNC(=O)c2cc(C)c(Br)s2)no1. The lowest BCUT2D eigenvalue weighted by Crippen LogP contribution is -2.21. The van der Waals surface area contributed by atoms with Crippen molar-refractivity contribution in [1.82, 2.24) is 10.5 Å². The van der Waals surface area contributed by atoms with Crippen LogP contribution in [0.3, 0.4) is 0 Å². The van der Waals surface area contributed by atoms with Gasteiger partial charge in [-0.2, -0.15) is 0 Å². The molecule has 6 heteroatoms. The van der Waals surface area contributed by atoms with Gasteiger partial charge in [0, 0.05) is 6.07 Å². The molecule has 17 heavy (non-hydrogen) atoms. The molecule has 0 bridgehead atoms. The highest BCUT2D eigenvalue weighted by Crippen LogP contribution is 2.27. The van der Waals surface area contributed by atoms with Gasteiger partial charge in [-0.3, -0.25) is 4.79 Å². The van der Waals surface area contributed by atoms with Gasteiger partial charge in [-0.25, -0.2) is 0 Å². The van der Waals surface area contributed by atoms with Gasteiger partial charge in [0.25, 0.3) is 5.91 Å². The summed E-state index contributed by atoms with van der Waals surface area (Å²) in [7, 11) is 0. The van der Waals surface area contributed by atoms with Gasteiger partial charge in [0.05, 0.1) is 15.2 Å². The fraction of sp³-hybridized carbons (Fsp3) is 0.273. The second-order valence-electron chi connectivity index (χ2n) is 3.68. The molecule has 0 fully saturated rings. The molecular weight excluding hydrogens is 304 g/mol. The van der Waals surface area contributed by atoms with Crippen molar-refractivity contribution in [3.05, 3.63) is 37.8 Å². The number of hydrogen-bond acceptors (Lipinski definition) is 4. The first-order chi connectivity index (χ1) is 8.06. The molecule has 0 aromatic carbocycles. The first kappa shape index (κ1) is 12.3. The molecule has 0 aliphatic rings. The summed E-state index contributed by atoms with van der Waals surface area (Å²) >= 11 is 4.82. The minimum atomic E-state index is -0.0931.